The first-order valence-electron chi connectivity index (χ1n) is 8.25. The fourth-order valence-corrected chi connectivity index (χ4v) is 3.20. The summed E-state index contributed by atoms with van der Waals surface area (Å²) in [5, 5.41) is 2.12. The summed E-state index contributed by atoms with van der Waals surface area (Å²) in [6, 6.07) is 4.39. The molecule has 1 aliphatic heterocycles. The van der Waals surface area contributed by atoms with Crippen molar-refractivity contribution in [2.45, 2.75) is 18.9 Å². The third-order valence-corrected chi connectivity index (χ3v) is 4.84. The zero-order valence-electron chi connectivity index (χ0n) is 13.6. The third kappa shape index (κ3) is 4.16. The summed E-state index contributed by atoms with van der Waals surface area (Å²) < 4.78 is 13.7. The van der Waals surface area contributed by atoms with Crippen molar-refractivity contribution in [1.29, 1.82) is 0 Å². The number of benzene rings is 1. The van der Waals surface area contributed by atoms with Gasteiger partial charge in [-0.3, -0.25) is 19.3 Å². The van der Waals surface area contributed by atoms with Crippen molar-refractivity contribution in [2.75, 3.05) is 32.7 Å². The monoisotopic (exact) mass is 367 g/mol. The Morgan fingerprint density at radius 3 is 2.44 bits per heavy atom. The molecule has 0 unspecified atom stereocenters. The van der Waals surface area contributed by atoms with Crippen molar-refractivity contribution in [1.82, 2.24) is 15.1 Å². The van der Waals surface area contributed by atoms with Gasteiger partial charge in [0.2, 0.25) is 5.91 Å². The van der Waals surface area contributed by atoms with Gasteiger partial charge in [-0.15, -0.1) is 0 Å². The largest absolute Gasteiger partial charge is 0.340 e. The molecule has 1 N–H and O–H groups in total. The molecular weight excluding hydrogens is 349 g/mol. The van der Waals surface area contributed by atoms with Crippen LogP contribution in [0.2, 0.25) is 5.02 Å². The van der Waals surface area contributed by atoms with Crippen LogP contribution in [0.15, 0.2) is 18.2 Å². The summed E-state index contributed by atoms with van der Waals surface area (Å²) in [5.74, 6) is -3.25. The average Bonchev–Trinajstić information content (AvgIpc) is 3.44. The molecule has 0 radical (unpaired) electrons. The van der Waals surface area contributed by atoms with Crippen molar-refractivity contribution in [3.63, 3.8) is 0 Å². The topological polar surface area (TPSA) is 69.7 Å². The predicted molar refractivity (Wildman–Crippen MR) is 89.9 cm³/mol. The Morgan fingerprint density at radius 2 is 1.84 bits per heavy atom. The van der Waals surface area contributed by atoms with E-state index in [9.17, 15) is 18.8 Å². The van der Waals surface area contributed by atoms with Gasteiger partial charge in [0.15, 0.2) is 0 Å². The molecule has 1 saturated carbocycles. The summed E-state index contributed by atoms with van der Waals surface area (Å²) in [5.41, 5.74) is -0.479. The lowest BCUT2D eigenvalue weighted by Gasteiger charge is -2.34. The van der Waals surface area contributed by atoms with Gasteiger partial charge in [-0.05, 0) is 25.0 Å². The average molecular weight is 368 g/mol. The molecule has 0 aromatic heterocycles. The fourth-order valence-electron chi connectivity index (χ4n) is 2.95. The number of hydrogen-bond acceptors (Lipinski definition) is 4. The highest BCUT2D eigenvalue weighted by atomic mass is 35.5. The summed E-state index contributed by atoms with van der Waals surface area (Å²) in [7, 11) is 0. The molecule has 0 atom stereocenters. The fraction of sp³-hybridized carbons (Fsp3) is 0.471. The van der Waals surface area contributed by atoms with Gasteiger partial charge in [0.05, 0.1) is 17.1 Å². The van der Waals surface area contributed by atoms with Crippen molar-refractivity contribution in [3.8, 4) is 0 Å². The van der Waals surface area contributed by atoms with E-state index >= 15 is 0 Å². The quantitative estimate of drug-likeness (QED) is 0.624. The number of nitrogens with one attached hydrogen (secondary N) is 1. The molecule has 6 nitrogen and oxygen atoms in total. The van der Waals surface area contributed by atoms with Crippen LogP contribution in [-0.2, 0) is 9.59 Å². The van der Waals surface area contributed by atoms with E-state index < -0.39 is 23.1 Å². The van der Waals surface area contributed by atoms with Gasteiger partial charge in [0, 0.05) is 32.2 Å². The lowest BCUT2D eigenvalue weighted by Crippen LogP contribution is -2.52. The first kappa shape index (κ1) is 17.8. The lowest BCUT2D eigenvalue weighted by atomic mass is 10.1. The zero-order valence-corrected chi connectivity index (χ0v) is 14.4. The second-order valence-corrected chi connectivity index (χ2v) is 6.66. The predicted octanol–water partition coefficient (Wildman–Crippen LogP) is 1.08. The number of ketones is 1. The molecule has 1 heterocycles. The second kappa shape index (κ2) is 7.49. The summed E-state index contributed by atoms with van der Waals surface area (Å²) >= 11 is 5.78. The van der Waals surface area contributed by atoms with E-state index in [0.29, 0.717) is 19.1 Å². The highest BCUT2D eigenvalue weighted by Gasteiger charge is 2.32. The Labute approximate surface area is 149 Å². The molecular formula is C17H19ClFN3O3. The van der Waals surface area contributed by atoms with Gasteiger partial charge in [0.1, 0.15) is 5.82 Å². The number of carbonyl (C=O) groups excluding carboxylic acids is 3. The minimum absolute atomic E-state index is 0.136. The van der Waals surface area contributed by atoms with Crippen LogP contribution >= 0.6 is 11.6 Å². The molecule has 1 aromatic carbocycles. The van der Waals surface area contributed by atoms with Crippen LogP contribution < -0.4 is 5.32 Å². The molecule has 1 aliphatic carbocycles. The number of piperazine rings is 1. The molecule has 2 amide bonds. The van der Waals surface area contributed by atoms with E-state index in [4.69, 9.17) is 11.6 Å². The Balaban J connectivity index is 1.50. The summed E-state index contributed by atoms with van der Waals surface area (Å²) in [4.78, 5) is 40.2. The van der Waals surface area contributed by atoms with Gasteiger partial charge < -0.3 is 10.2 Å². The number of carbonyl (C=O) groups is 3. The highest BCUT2D eigenvalue weighted by Crippen LogP contribution is 2.27. The Bertz CT molecular complexity index is 680. The van der Waals surface area contributed by atoms with Gasteiger partial charge in [-0.2, -0.15) is 0 Å². The van der Waals surface area contributed by atoms with Crippen LogP contribution in [0.4, 0.5) is 4.39 Å². The van der Waals surface area contributed by atoms with Crippen LogP contribution in [0, 0.1) is 5.82 Å². The molecule has 1 aromatic rings. The maximum atomic E-state index is 13.7. The third-order valence-electron chi connectivity index (χ3n) is 4.53. The zero-order chi connectivity index (χ0) is 18.0. The molecule has 25 heavy (non-hydrogen) atoms. The van der Waals surface area contributed by atoms with Gasteiger partial charge in [-0.25, -0.2) is 4.39 Å². The maximum absolute atomic E-state index is 13.7. The van der Waals surface area contributed by atoms with E-state index in [1.54, 1.807) is 4.90 Å². The van der Waals surface area contributed by atoms with Gasteiger partial charge >= 0.3 is 0 Å². The molecule has 2 aliphatic rings. The first-order valence-corrected chi connectivity index (χ1v) is 8.63. The molecule has 2 fully saturated rings. The Hall–Kier alpha value is -1.99. The standard InChI is InChI=1S/C17H19ClFN3O3/c18-12-2-1-3-13(19)15(12)16(24)17(25)20-10-14(23)22-8-6-21(7-9-22)11-4-5-11/h1-3,11H,4-10H2,(H,20,25). The van der Waals surface area contributed by atoms with E-state index in [0.717, 1.165) is 19.2 Å². The number of nitrogens with zero attached hydrogens (tertiary/aromatic N) is 2. The van der Waals surface area contributed by atoms with E-state index in [2.05, 4.69) is 10.2 Å². The van der Waals surface area contributed by atoms with Crippen LogP contribution in [0.5, 0.6) is 0 Å². The van der Waals surface area contributed by atoms with Crippen LogP contribution in [0.25, 0.3) is 0 Å². The number of rotatable bonds is 5. The Morgan fingerprint density at radius 1 is 1.16 bits per heavy atom. The molecule has 134 valence electrons. The van der Waals surface area contributed by atoms with Crippen LogP contribution in [0.3, 0.4) is 0 Å². The maximum Gasteiger partial charge on any atom is 0.292 e. The van der Waals surface area contributed by atoms with E-state index in [-0.39, 0.29) is 17.5 Å². The number of hydrogen-bond donors (Lipinski definition) is 1. The molecule has 0 spiro atoms. The number of amides is 2. The molecule has 1 saturated heterocycles. The van der Waals surface area contributed by atoms with Crippen LogP contribution in [-0.4, -0.2) is 66.2 Å². The Kier molecular flexibility index (Phi) is 5.34. The summed E-state index contributed by atoms with van der Waals surface area (Å²) in [6.45, 7) is 2.58. The first-order chi connectivity index (χ1) is 12.0. The van der Waals surface area contributed by atoms with Gasteiger partial charge in [-0.1, -0.05) is 17.7 Å². The lowest BCUT2D eigenvalue weighted by molar-refractivity contribution is -0.133. The highest BCUT2D eigenvalue weighted by molar-refractivity contribution is 6.47. The number of Topliss-reactive ketones (excluding diaryl/α,β-unsaturated/α-hetero) is 1. The molecule has 8 heteroatoms. The summed E-state index contributed by atoms with van der Waals surface area (Å²) in [6.07, 6.45) is 2.45. The van der Waals surface area contributed by atoms with Crippen molar-refractivity contribution in [2.24, 2.45) is 0 Å². The van der Waals surface area contributed by atoms with Crippen LogP contribution in [0.1, 0.15) is 23.2 Å². The molecule has 0 bridgehead atoms. The minimum atomic E-state index is -1.09. The van der Waals surface area contributed by atoms with Crippen molar-refractivity contribution < 1.29 is 18.8 Å². The van der Waals surface area contributed by atoms with Crippen molar-refractivity contribution >= 4 is 29.2 Å². The second-order valence-electron chi connectivity index (χ2n) is 6.26. The van der Waals surface area contributed by atoms with Crippen molar-refractivity contribution in [3.05, 3.63) is 34.6 Å². The normalized spacial score (nSPS) is 18.1. The van der Waals surface area contributed by atoms with E-state index in [1.165, 1.54) is 25.0 Å². The smallest absolute Gasteiger partial charge is 0.292 e. The molecule has 3 rings (SSSR count). The SMILES string of the molecule is O=C(NCC(=O)N1CCN(C2CC2)CC1)C(=O)c1c(F)cccc1Cl. The minimum Gasteiger partial charge on any atom is -0.340 e. The van der Waals surface area contributed by atoms with Gasteiger partial charge in [0.25, 0.3) is 11.7 Å². The van der Waals surface area contributed by atoms with E-state index in [1.807, 2.05) is 0 Å². The number of halogens is 2.